The van der Waals surface area contributed by atoms with Gasteiger partial charge in [0, 0.05) is 21.1 Å². The maximum absolute atomic E-state index is 13.0. The van der Waals surface area contributed by atoms with Crippen LogP contribution in [0.4, 0.5) is 5.69 Å². The minimum absolute atomic E-state index is 0.179. The van der Waals surface area contributed by atoms with Crippen LogP contribution in [0.5, 0.6) is 5.75 Å². The molecule has 4 rings (SSSR count). The second-order valence-electron chi connectivity index (χ2n) is 6.26. The number of fused-ring (bicyclic) bond motifs is 1. The molecule has 1 heterocycles. The molecule has 0 atom stereocenters. The van der Waals surface area contributed by atoms with Crippen molar-refractivity contribution in [3.05, 3.63) is 88.9 Å². The SMILES string of the molecule is COc1ccc(NC(=O)c2cc(-c3ccc(Br)cc3)nc3ccccc23)cc1. The van der Waals surface area contributed by atoms with Crippen molar-refractivity contribution in [2.45, 2.75) is 0 Å². The van der Waals surface area contributed by atoms with Crippen molar-refractivity contribution in [2.75, 3.05) is 12.4 Å². The monoisotopic (exact) mass is 432 g/mol. The molecule has 4 aromatic rings. The molecular weight excluding hydrogens is 416 g/mol. The molecule has 0 aliphatic carbocycles. The minimum Gasteiger partial charge on any atom is -0.497 e. The summed E-state index contributed by atoms with van der Waals surface area (Å²) in [6, 6.07) is 24.6. The standard InChI is InChI=1S/C23H17BrN2O2/c1-28-18-12-10-17(11-13-18)25-23(27)20-14-22(15-6-8-16(24)9-7-15)26-21-5-3-2-4-19(20)21/h2-14H,1H3,(H,25,27). The number of methoxy groups -OCH3 is 1. The number of amides is 1. The highest BCUT2D eigenvalue weighted by Gasteiger charge is 2.14. The molecule has 0 fully saturated rings. The fourth-order valence-corrected chi connectivity index (χ4v) is 3.27. The van der Waals surface area contributed by atoms with Crippen molar-refractivity contribution < 1.29 is 9.53 Å². The summed E-state index contributed by atoms with van der Waals surface area (Å²) in [4.78, 5) is 17.8. The summed E-state index contributed by atoms with van der Waals surface area (Å²) in [5.74, 6) is 0.562. The second kappa shape index (κ2) is 7.82. The average Bonchev–Trinajstić information content (AvgIpc) is 2.74. The molecule has 0 spiro atoms. The molecule has 3 aromatic carbocycles. The molecule has 0 saturated carbocycles. The number of aromatic nitrogens is 1. The highest BCUT2D eigenvalue weighted by molar-refractivity contribution is 9.10. The van der Waals surface area contributed by atoms with Crippen molar-refractivity contribution >= 4 is 38.4 Å². The van der Waals surface area contributed by atoms with Crippen LogP contribution in [0.25, 0.3) is 22.2 Å². The van der Waals surface area contributed by atoms with Crippen molar-refractivity contribution in [3.63, 3.8) is 0 Å². The maximum atomic E-state index is 13.0. The maximum Gasteiger partial charge on any atom is 0.256 e. The molecule has 5 heteroatoms. The molecule has 0 bridgehead atoms. The van der Waals surface area contributed by atoms with E-state index in [1.165, 1.54) is 0 Å². The molecule has 0 aliphatic heterocycles. The summed E-state index contributed by atoms with van der Waals surface area (Å²) in [5.41, 5.74) is 3.78. The molecule has 1 amide bonds. The number of benzene rings is 3. The molecule has 4 nitrogen and oxygen atoms in total. The largest absolute Gasteiger partial charge is 0.497 e. The number of para-hydroxylation sites is 1. The summed E-state index contributed by atoms with van der Waals surface area (Å²) < 4.78 is 6.16. The summed E-state index contributed by atoms with van der Waals surface area (Å²) in [6.45, 7) is 0. The number of hydrogen-bond donors (Lipinski definition) is 1. The van der Waals surface area contributed by atoms with Gasteiger partial charge >= 0.3 is 0 Å². The lowest BCUT2D eigenvalue weighted by atomic mass is 10.0. The highest BCUT2D eigenvalue weighted by atomic mass is 79.9. The Hall–Kier alpha value is -3.18. The molecule has 0 saturated heterocycles. The van der Waals surface area contributed by atoms with Crippen molar-refractivity contribution in [3.8, 4) is 17.0 Å². The zero-order valence-corrected chi connectivity index (χ0v) is 16.7. The fourth-order valence-electron chi connectivity index (χ4n) is 3.00. The number of nitrogens with one attached hydrogen (secondary N) is 1. The Morgan fingerprint density at radius 1 is 0.964 bits per heavy atom. The van der Waals surface area contributed by atoms with Gasteiger partial charge in [-0.25, -0.2) is 4.98 Å². The number of rotatable bonds is 4. The van der Waals surface area contributed by atoms with Crippen LogP contribution in [-0.4, -0.2) is 18.0 Å². The minimum atomic E-state index is -0.179. The van der Waals surface area contributed by atoms with Gasteiger partial charge < -0.3 is 10.1 Å². The smallest absolute Gasteiger partial charge is 0.256 e. The van der Waals surface area contributed by atoms with Crippen LogP contribution >= 0.6 is 15.9 Å². The zero-order chi connectivity index (χ0) is 19.5. The van der Waals surface area contributed by atoms with Crippen LogP contribution in [0.1, 0.15) is 10.4 Å². The number of pyridine rings is 1. The van der Waals surface area contributed by atoms with Gasteiger partial charge in [-0.05, 0) is 48.5 Å². The topological polar surface area (TPSA) is 51.2 Å². The predicted octanol–water partition coefficient (Wildman–Crippen LogP) is 5.93. The first-order valence-corrected chi connectivity index (χ1v) is 9.54. The lowest BCUT2D eigenvalue weighted by Gasteiger charge is -2.11. The molecule has 0 radical (unpaired) electrons. The quantitative estimate of drug-likeness (QED) is 0.434. The first-order valence-electron chi connectivity index (χ1n) is 8.75. The van der Waals surface area contributed by atoms with E-state index in [2.05, 4.69) is 21.2 Å². The molecular formula is C23H17BrN2O2. The third-order valence-electron chi connectivity index (χ3n) is 4.45. The molecule has 0 unspecified atom stereocenters. The second-order valence-corrected chi connectivity index (χ2v) is 7.18. The van der Waals surface area contributed by atoms with Crippen LogP contribution in [0.2, 0.25) is 0 Å². The van der Waals surface area contributed by atoms with Crippen LogP contribution < -0.4 is 10.1 Å². The Kier molecular flexibility index (Phi) is 5.08. The number of anilines is 1. The van der Waals surface area contributed by atoms with Crippen LogP contribution in [0, 0.1) is 0 Å². The number of carbonyl (C=O) groups is 1. The lowest BCUT2D eigenvalue weighted by Crippen LogP contribution is -2.13. The molecule has 1 N–H and O–H groups in total. The first kappa shape index (κ1) is 18.2. The lowest BCUT2D eigenvalue weighted by molar-refractivity contribution is 0.102. The van der Waals surface area contributed by atoms with E-state index in [0.717, 1.165) is 32.4 Å². The number of nitrogens with zero attached hydrogens (tertiary/aromatic N) is 1. The van der Waals surface area contributed by atoms with Crippen molar-refractivity contribution in [1.29, 1.82) is 0 Å². The van der Waals surface area contributed by atoms with Gasteiger partial charge in [0.2, 0.25) is 0 Å². The number of halogens is 1. The summed E-state index contributed by atoms with van der Waals surface area (Å²) >= 11 is 3.45. The van der Waals surface area contributed by atoms with E-state index in [1.807, 2.05) is 78.9 Å². The van der Waals surface area contributed by atoms with Gasteiger partial charge in [0.1, 0.15) is 5.75 Å². The molecule has 138 valence electrons. The van der Waals surface area contributed by atoms with E-state index >= 15 is 0 Å². The Morgan fingerprint density at radius 2 is 1.68 bits per heavy atom. The third-order valence-corrected chi connectivity index (χ3v) is 4.98. The van der Waals surface area contributed by atoms with Crippen molar-refractivity contribution in [2.24, 2.45) is 0 Å². The van der Waals surface area contributed by atoms with Gasteiger partial charge in [0.05, 0.1) is 23.9 Å². The van der Waals surface area contributed by atoms with Crippen LogP contribution in [-0.2, 0) is 0 Å². The number of carbonyl (C=O) groups excluding carboxylic acids is 1. The van der Waals surface area contributed by atoms with Gasteiger partial charge in [0.25, 0.3) is 5.91 Å². The predicted molar refractivity (Wildman–Crippen MR) is 116 cm³/mol. The van der Waals surface area contributed by atoms with E-state index in [4.69, 9.17) is 9.72 Å². The Labute approximate surface area is 171 Å². The summed E-state index contributed by atoms with van der Waals surface area (Å²) in [5, 5.41) is 3.77. The molecule has 28 heavy (non-hydrogen) atoms. The zero-order valence-electron chi connectivity index (χ0n) is 15.1. The molecule has 0 aliphatic rings. The normalized spacial score (nSPS) is 10.6. The Balaban J connectivity index is 1.75. The van der Waals surface area contributed by atoms with Gasteiger partial charge in [0.15, 0.2) is 0 Å². The first-order chi connectivity index (χ1) is 13.6. The van der Waals surface area contributed by atoms with E-state index < -0.39 is 0 Å². The van der Waals surface area contributed by atoms with Crippen LogP contribution in [0.15, 0.2) is 83.3 Å². The summed E-state index contributed by atoms with van der Waals surface area (Å²) in [7, 11) is 1.61. The average molecular weight is 433 g/mol. The van der Waals surface area contributed by atoms with E-state index in [9.17, 15) is 4.79 Å². The number of ether oxygens (including phenoxy) is 1. The van der Waals surface area contributed by atoms with Gasteiger partial charge in [-0.1, -0.05) is 46.3 Å². The van der Waals surface area contributed by atoms with Crippen molar-refractivity contribution in [1.82, 2.24) is 4.98 Å². The van der Waals surface area contributed by atoms with E-state index in [1.54, 1.807) is 7.11 Å². The Morgan fingerprint density at radius 3 is 2.39 bits per heavy atom. The summed E-state index contributed by atoms with van der Waals surface area (Å²) in [6.07, 6.45) is 0. The van der Waals surface area contributed by atoms with Gasteiger partial charge in [-0.15, -0.1) is 0 Å². The van der Waals surface area contributed by atoms with Crippen LogP contribution in [0.3, 0.4) is 0 Å². The van der Waals surface area contributed by atoms with Gasteiger partial charge in [-0.2, -0.15) is 0 Å². The van der Waals surface area contributed by atoms with E-state index in [0.29, 0.717) is 11.3 Å². The highest BCUT2D eigenvalue weighted by Crippen LogP contribution is 2.27. The molecule has 1 aromatic heterocycles. The third kappa shape index (κ3) is 3.75. The Bertz CT molecular complexity index is 1140. The van der Waals surface area contributed by atoms with Gasteiger partial charge in [-0.3, -0.25) is 4.79 Å². The van der Waals surface area contributed by atoms with E-state index in [-0.39, 0.29) is 5.91 Å². The fraction of sp³-hybridized carbons (Fsp3) is 0.0435. The number of hydrogen-bond acceptors (Lipinski definition) is 3.